The summed E-state index contributed by atoms with van der Waals surface area (Å²) in [6.45, 7) is 5.73. The number of aromatic nitrogens is 2. The topological polar surface area (TPSA) is 41.4 Å². The van der Waals surface area contributed by atoms with E-state index in [4.69, 9.17) is 16.6 Å². The first-order chi connectivity index (χ1) is 12.6. The quantitative estimate of drug-likeness (QED) is 0.697. The van der Waals surface area contributed by atoms with Crippen LogP contribution in [0.4, 0.5) is 5.69 Å². The number of para-hydroxylation sites is 2. The molecule has 2 heterocycles. The van der Waals surface area contributed by atoms with Crippen LogP contribution < -0.4 is 10.5 Å². The summed E-state index contributed by atoms with van der Waals surface area (Å²) in [5.74, 6) is 0.636. The first kappa shape index (κ1) is 17.1. The minimum Gasteiger partial charge on any atom is -0.367 e. The molecule has 2 aromatic carbocycles. The van der Waals surface area contributed by atoms with Crippen LogP contribution in [0, 0.1) is 6.92 Å². The molecule has 1 aromatic heterocycles. The first-order valence-corrected chi connectivity index (χ1v) is 9.15. The fourth-order valence-electron chi connectivity index (χ4n) is 3.52. The number of nitrogens with zero attached hydrogens (tertiary/aromatic N) is 4. The van der Waals surface area contributed by atoms with E-state index < -0.39 is 0 Å². The predicted molar refractivity (Wildman–Crippen MR) is 107 cm³/mol. The van der Waals surface area contributed by atoms with Crippen LogP contribution in [0.5, 0.6) is 0 Å². The van der Waals surface area contributed by atoms with Gasteiger partial charge in [-0.05, 0) is 38.2 Å². The van der Waals surface area contributed by atoms with Gasteiger partial charge in [0.2, 0.25) is 0 Å². The van der Waals surface area contributed by atoms with E-state index in [0.29, 0.717) is 21.9 Å². The van der Waals surface area contributed by atoms with Crippen molar-refractivity contribution in [2.75, 3.05) is 38.1 Å². The van der Waals surface area contributed by atoms with Gasteiger partial charge in [0.1, 0.15) is 11.3 Å². The summed E-state index contributed by atoms with van der Waals surface area (Å²) < 4.78 is 1.60. The Morgan fingerprint density at radius 3 is 2.38 bits per heavy atom. The molecule has 4 rings (SSSR count). The van der Waals surface area contributed by atoms with Crippen LogP contribution in [0.15, 0.2) is 47.3 Å². The van der Waals surface area contributed by atoms with Crippen LogP contribution in [0.1, 0.15) is 5.82 Å². The molecule has 5 nitrogen and oxygen atoms in total. The van der Waals surface area contributed by atoms with Gasteiger partial charge in [0.05, 0.1) is 21.8 Å². The van der Waals surface area contributed by atoms with E-state index in [9.17, 15) is 4.79 Å². The molecule has 0 unspecified atom stereocenters. The second kappa shape index (κ2) is 6.74. The van der Waals surface area contributed by atoms with E-state index in [1.165, 1.54) is 0 Å². The summed E-state index contributed by atoms with van der Waals surface area (Å²) in [5, 5.41) is 1.15. The van der Waals surface area contributed by atoms with Crippen molar-refractivity contribution in [3.63, 3.8) is 0 Å². The smallest absolute Gasteiger partial charge is 0.266 e. The average molecular weight is 369 g/mol. The molecule has 0 atom stereocenters. The molecule has 134 valence electrons. The normalized spacial score (nSPS) is 15.6. The summed E-state index contributed by atoms with van der Waals surface area (Å²) in [5.41, 5.74) is 2.37. The van der Waals surface area contributed by atoms with E-state index in [-0.39, 0.29) is 5.56 Å². The summed E-state index contributed by atoms with van der Waals surface area (Å²) in [6.07, 6.45) is 0. The molecule has 1 saturated heterocycles. The number of benzene rings is 2. The van der Waals surface area contributed by atoms with Crippen molar-refractivity contribution in [1.82, 2.24) is 14.5 Å². The highest BCUT2D eigenvalue weighted by atomic mass is 35.5. The Morgan fingerprint density at radius 2 is 1.65 bits per heavy atom. The molecule has 6 heteroatoms. The SMILES string of the molecule is Cc1nc2c(N3CCN(C)CC3)cccc2c(=O)n1-c1ccccc1Cl. The minimum atomic E-state index is -0.0865. The van der Waals surface area contributed by atoms with E-state index in [2.05, 4.69) is 22.9 Å². The number of rotatable bonds is 2. The third-order valence-corrected chi connectivity index (χ3v) is 5.30. The van der Waals surface area contributed by atoms with Crippen molar-refractivity contribution in [2.24, 2.45) is 0 Å². The molecule has 1 fully saturated rings. The van der Waals surface area contributed by atoms with Gasteiger partial charge in [-0.1, -0.05) is 29.8 Å². The third kappa shape index (κ3) is 2.87. The van der Waals surface area contributed by atoms with Gasteiger partial charge in [0, 0.05) is 26.2 Å². The first-order valence-electron chi connectivity index (χ1n) is 8.77. The van der Waals surface area contributed by atoms with Crippen molar-refractivity contribution in [3.05, 3.63) is 63.7 Å². The standard InChI is InChI=1S/C20H21ClN4O/c1-14-22-19-15(20(26)25(14)17-8-4-3-7-16(17)21)6-5-9-18(19)24-12-10-23(2)11-13-24/h3-9H,10-13H2,1-2H3. The van der Waals surface area contributed by atoms with Gasteiger partial charge in [-0.2, -0.15) is 0 Å². The maximum Gasteiger partial charge on any atom is 0.266 e. The molecular formula is C20H21ClN4O. The minimum absolute atomic E-state index is 0.0865. The second-order valence-corrected chi connectivity index (χ2v) is 7.12. The summed E-state index contributed by atoms with van der Waals surface area (Å²) in [7, 11) is 2.13. The van der Waals surface area contributed by atoms with Crippen LogP contribution in [-0.4, -0.2) is 47.7 Å². The molecule has 0 amide bonds. The number of piperazine rings is 1. The molecule has 0 radical (unpaired) electrons. The number of halogens is 1. The van der Waals surface area contributed by atoms with Gasteiger partial charge in [0.15, 0.2) is 0 Å². The Labute approximate surface area is 157 Å². The predicted octanol–water partition coefficient (Wildman–Crippen LogP) is 3.10. The zero-order valence-electron chi connectivity index (χ0n) is 14.9. The fraction of sp³-hybridized carbons (Fsp3) is 0.300. The lowest BCUT2D eigenvalue weighted by Gasteiger charge is -2.34. The molecule has 0 saturated carbocycles. The van der Waals surface area contributed by atoms with Gasteiger partial charge in [-0.15, -0.1) is 0 Å². The molecule has 0 N–H and O–H groups in total. The van der Waals surface area contributed by atoms with Crippen LogP contribution >= 0.6 is 11.6 Å². The lowest BCUT2D eigenvalue weighted by atomic mass is 10.1. The Kier molecular flexibility index (Phi) is 4.42. The zero-order chi connectivity index (χ0) is 18.3. The van der Waals surface area contributed by atoms with E-state index >= 15 is 0 Å². The highest BCUT2D eigenvalue weighted by molar-refractivity contribution is 6.32. The largest absolute Gasteiger partial charge is 0.367 e. The molecule has 0 spiro atoms. The highest BCUT2D eigenvalue weighted by Crippen LogP contribution is 2.26. The van der Waals surface area contributed by atoms with Gasteiger partial charge in [-0.25, -0.2) is 4.98 Å². The maximum atomic E-state index is 13.2. The number of likely N-dealkylation sites (N-methyl/N-ethyl adjacent to an activating group) is 1. The van der Waals surface area contributed by atoms with Gasteiger partial charge >= 0.3 is 0 Å². The van der Waals surface area contributed by atoms with Crippen LogP contribution in [0.3, 0.4) is 0 Å². The fourth-order valence-corrected chi connectivity index (χ4v) is 3.74. The lowest BCUT2D eigenvalue weighted by molar-refractivity contribution is 0.313. The number of fused-ring (bicyclic) bond motifs is 1. The molecule has 26 heavy (non-hydrogen) atoms. The van der Waals surface area contributed by atoms with Crippen LogP contribution in [0.2, 0.25) is 5.02 Å². The van der Waals surface area contributed by atoms with E-state index in [0.717, 1.165) is 37.4 Å². The average Bonchev–Trinajstić information content (AvgIpc) is 2.64. The van der Waals surface area contributed by atoms with E-state index in [1.807, 2.05) is 37.3 Å². The summed E-state index contributed by atoms with van der Waals surface area (Å²) in [6, 6.07) is 13.2. The van der Waals surface area contributed by atoms with Crippen LogP contribution in [0.25, 0.3) is 16.6 Å². The molecule has 0 bridgehead atoms. The van der Waals surface area contributed by atoms with Gasteiger partial charge < -0.3 is 9.80 Å². The van der Waals surface area contributed by atoms with Crippen molar-refractivity contribution in [1.29, 1.82) is 0 Å². The molecule has 0 aliphatic carbocycles. The highest BCUT2D eigenvalue weighted by Gasteiger charge is 2.19. The number of hydrogen-bond donors (Lipinski definition) is 0. The maximum absolute atomic E-state index is 13.2. The molecule has 1 aliphatic rings. The van der Waals surface area contributed by atoms with Crippen molar-refractivity contribution < 1.29 is 0 Å². The van der Waals surface area contributed by atoms with Crippen LogP contribution in [-0.2, 0) is 0 Å². The van der Waals surface area contributed by atoms with E-state index in [1.54, 1.807) is 10.6 Å². The zero-order valence-corrected chi connectivity index (χ0v) is 15.7. The third-order valence-electron chi connectivity index (χ3n) is 4.98. The molecular weight excluding hydrogens is 348 g/mol. The van der Waals surface area contributed by atoms with Crippen molar-refractivity contribution >= 4 is 28.2 Å². The Balaban J connectivity index is 1.90. The second-order valence-electron chi connectivity index (χ2n) is 6.71. The number of anilines is 1. The lowest BCUT2D eigenvalue weighted by Crippen LogP contribution is -2.44. The Hall–Kier alpha value is -2.37. The molecule has 3 aromatic rings. The van der Waals surface area contributed by atoms with Gasteiger partial charge in [-0.3, -0.25) is 9.36 Å². The monoisotopic (exact) mass is 368 g/mol. The Morgan fingerprint density at radius 1 is 0.962 bits per heavy atom. The molecule has 1 aliphatic heterocycles. The Bertz CT molecular complexity index is 1020. The van der Waals surface area contributed by atoms with Crippen molar-refractivity contribution in [3.8, 4) is 5.69 Å². The summed E-state index contributed by atoms with van der Waals surface area (Å²) >= 11 is 6.32. The number of aryl methyl sites for hydroxylation is 1. The number of hydrogen-bond acceptors (Lipinski definition) is 4. The van der Waals surface area contributed by atoms with Gasteiger partial charge in [0.25, 0.3) is 5.56 Å². The summed E-state index contributed by atoms with van der Waals surface area (Å²) in [4.78, 5) is 22.6. The van der Waals surface area contributed by atoms with Crippen molar-refractivity contribution in [2.45, 2.75) is 6.92 Å².